The molecule has 0 fully saturated rings. The van der Waals surface area contributed by atoms with E-state index in [1.165, 1.54) is 11.1 Å². The number of nitrogens with two attached hydrogens (primary N) is 1. The van der Waals surface area contributed by atoms with Gasteiger partial charge in [-0.2, -0.15) is 5.26 Å². The van der Waals surface area contributed by atoms with Crippen molar-refractivity contribution >= 4 is 5.82 Å². The van der Waals surface area contributed by atoms with Gasteiger partial charge in [0.2, 0.25) is 0 Å². The fraction of sp³-hybridized carbons (Fsp3) is 0.100. The van der Waals surface area contributed by atoms with Crippen LogP contribution in [0, 0.1) is 25.2 Å². The summed E-state index contributed by atoms with van der Waals surface area (Å²) in [6, 6.07) is 20.1. The Bertz CT molecular complexity index is 906. The van der Waals surface area contributed by atoms with Crippen molar-refractivity contribution in [2.75, 3.05) is 5.73 Å². The van der Waals surface area contributed by atoms with Crippen LogP contribution in [0.1, 0.15) is 16.7 Å². The van der Waals surface area contributed by atoms with Gasteiger partial charge in [-0.25, -0.2) is 4.98 Å². The van der Waals surface area contributed by atoms with Gasteiger partial charge in [0, 0.05) is 11.1 Å². The second kappa shape index (κ2) is 5.94. The highest BCUT2D eigenvalue weighted by atomic mass is 14.8. The van der Waals surface area contributed by atoms with Gasteiger partial charge in [-0.1, -0.05) is 42.5 Å². The Hall–Kier alpha value is -3.12. The van der Waals surface area contributed by atoms with Crippen LogP contribution in [0.2, 0.25) is 0 Å². The zero-order valence-electron chi connectivity index (χ0n) is 13.2. The summed E-state index contributed by atoms with van der Waals surface area (Å²) in [6.07, 6.45) is 0. The molecule has 2 aromatic carbocycles. The number of nitriles is 1. The Labute approximate surface area is 136 Å². The zero-order chi connectivity index (χ0) is 16.4. The molecule has 1 aromatic heterocycles. The van der Waals surface area contributed by atoms with Crippen LogP contribution in [-0.2, 0) is 0 Å². The van der Waals surface area contributed by atoms with Crippen LogP contribution in [-0.4, -0.2) is 4.98 Å². The number of rotatable bonds is 2. The van der Waals surface area contributed by atoms with Gasteiger partial charge in [0.05, 0.1) is 5.69 Å². The first kappa shape index (κ1) is 14.8. The van der Waals surface area contributed by atoms with E-state index in [0.29, 0.717) is 5.56 Å². The van der Waals surface area contributed by atoms with Crippen LogP contribution in [0.5, 0.6) is 0 Å². The average molecular weight is 299 g/mol. The number of nitrogens with zero attached hydrogens (tertiary/aromatic N) is 2. The maximum atomic E-state index is 9.43. The molecule has 0 saturated carbocycles. The smallest absolute Gasteiger partial charge is 0.142 e. The van der Waals surface area contributed by atoms with Crippen LogP contribution < -0.4 is 5.73 Å². The third kappa shape index (κ3) is 2.79. The van der Waals surface area contributed by atoms with Crippen molar-refractivity contribution in [1.82, 2.24) is 4.98 Å². The van der Waals surface area contributed by atoms with Crippen LogP contribution in [0.3, 0.4) is 0 Å². The summed E-state index contributed by atoms with van der Waals surface area (Å²) in [5, 5.41) is 9.43. The summed E-state index contributed by atoms with van der Waals surface area (Å²) in [4.78, 5) is 4.43. The van der Waals surface area contributed by atoms with E-state index in [1.807, 2.05) is 42.5 Å². The first-order valence-corrected chi connectivity index (χ1v) is 7.44. The molecular formula is C20H17N3. The lowest BCUT2D eigenvalue weighted by molar-refractivity contribution is 1.29. The summed E-state index contributed by atoms with van der Waals surface area (Å²) in [5.74, 6) is 0.266. The lowest BCUT2D eigenvalue weighted by Gasteiger charge is -2.11. The molecule has 0 amide bonds. The fourth-order valence-corrected chi connectivity index (χ4v) is 2.58. The van der Waals surface area contributed by atoms with E-state index < -0.39 is 0 Å². The molecule has 0 aliphatic rings. The van der Waals surface area contributed by atoms with E-state index >= 15 is 0 Å². The Balaban J connectivity index is 2.23. The quantitative estimate of drug-likeness (QED) is 0.758. The van der Waals surface area contributed by atoms with Crippen LogP contribution >= 0.6 is 0 Å². The molecular weight excluding hydrogens is 282 g/mol. The van der Waals surface area contributed by atoms with Crippen molar-refractivity contribution in [1.29, 1.82) is 5.26 Å². The number of pyridine rings is 1. The Morgan fingerprint density at radius 3 is 2.30 bits per heavy atom. The Kier molecular flexibility index (Phi) is 3.82. The first-order chi connectivity index (χ1) is 11.1. The number of nitrogen functional groups attached to an aromatic ring is 1. The molecule has 23 heavy (non-hydrogen) atoms. The normalized spacial score (nSPS) is 10.3. The third-order valence-electron chi connectivity index (χ3n) is 4.05. The summed E-state index contributed by atoms with van der Waals surface area (Å²) in [7, 11) is 0. The number of anilines is 1. The number of hydrogen-bond donors (Lipinski definition) is 1. The highest BCUT2D eigenvalue weighted by Crippen LogP contribution is 2.31. The summed E-state index contributed by atoms with van der Waals surface area (Å²) in [5.41, 5.74) is 12.5. The largest absolute Gasteiger partial charge is 0.383 e. The topological polar surface area (TPSA) is 62.7 Å². The van der Waals surface area contributed by atoms with E-state index in [4.69, 9.17) is 5.73 Å². The fourth-order valence-electron chi connectivity index (χ4n) is 2.58. The first-order valence-electron chi connectivity index (χ1n) is 7.44. The van der Waals surface area contributed by atoms with Crippen LogP contribution in [0.15, 0.2) is 54.6 Å². The van der Waals surface area contributed by atoms with Crippen molar-refractivity contribution in [3.8, 4) is 28.5 Å². The molecule has 0 unspecified atom stereocenters. The average Bonchev–Trinajstić information content (AvgIpc) is 2.57. The molecule has 112 valence electrons. The van der Waals surface area contributed by atoms with E-state index in [1.54, 1.807) is 0 Å². The molecule has 0 radical (unpaired) electrons. The maximum Gasteiger partial charge on any atom is 0.142 e. The van der Waals surface area contributed by atoms with Gasteiger partial charge in [-0.05, 0) is 42.7 Å². The predicted octanol–water partition coefficient (Wildman–Crippen LogP) is 4.49. The van der Waals surface area contributed by atoms with Crippen molar-refractivity contribution < 1.29 is 0 Å². The van der Waals surface area contributed by atoms with Crippen molar-refractivity contribution in [3.63, 3.8) is 0 Å². The third-order valence-corrected chi connectivity index (χ3v) is 4.05. The van der Waals surface area contributed by atoms with Gasteiger partial charge < -0.3 is 5.73 Å². The molecule has 3 rings (SSSR count). The second-order valence-corrected chi connectivity index (χ2v) is 5.59. The summed E-state index contributed by atoms with van der Waals surface area (Å²) < 4.78 is 0. The van der Waals surface area contributed by atoms with Gasteiger partial charge in [-0.15, -0.1) is 0 Å². The molecule has 0 aliphatic heterocycles. The Morgan fingerprint density at radius 1 is 0.913 bits per heavy atom. The Morgan fingerprint density at radius 2 is 1.65 bits per heavy atom. The van der Waals surface area contributed by atoms with E-state index in [-0.39, 0.29) is 5.82 Å². The van der Waals surface area contributed by atoms with E-state index in [9.17, 15) is 5.26 Å². The predicted molar refractivity (Wildman–Crippen MR) is 93.7 cm³/mol. The molecule has 3 aromatic rings. The number of benzene rings is 2. The molecule has 0 bridgehead atoms. The highest BCUT2D eigenvalue weighted by molar-refractivity contribution is 5.80. The van der Waals surface area contributed by atoms with Gasteiger partial charge in [0.1, 0.15) is 17.5 Å². The van der Waals surface area contributed by atoms with Gasteiger partial charge in [-0.3, -0.25) is 0 Å². The SMILES string of the molecule is Cc1ccc(-c2cc(-c3ccccc3)c(C#N)c(N)n2)cc1C. The number of aromatic nitrogens is 1. The standard InChI is InChI=1S/C20H17N3/c1-13-8-9-16(10-14(13)2)19-11-17(15-6-4-3-5-7-15)18(12-21)20(22)23-19/h3-11H,1-2H3,(H2,22,23). The second-order valence-electron chi connectivity index (χ2n) is 5.59. The van der Waals surface area contributed by atoms with E-state index in [0.717, 1.165) is 22.4 Å². The van der Waals surface area contributed by atoms with Gasteiger partial charge in [0.25, 0.3) is 0 Å². The molecule has 0 spiro atoms. The molecule has 3 nitrogen and oxygen atoms in total. The molecule has 2 N–H and O–H groups in total. The molecule has 1 heterocycles. The number of hydrogen-bond acceptors (Lipinski definition) is 3. The minimum absolute atomic E-state index is 0.266. The highest BCUT2D eigenvalue weighted by Gasteiger charge is 2.13. The molecule has 0 saturated heterocycles. The molecule has 0 atom stereocenters. The minimum atomic E-state index is 0.266. The van der Waals surface area contributed by atoms with Crippen molar-refractivity contribution in [2.45, 2.75) is 13.8 Å². The van der Waals surface area contributed by atoms with Gasteiger partial charge >= 0.3 is 0 Å². The van der Waals surface area contributed by atoms with Crippen molar-refractivity contribution in [3.05, 3.63) is 71.3 Å². The summed E-state index contributed by atoms with van der Waals surface area (Å²) >= 11 is 0. The minimum Gasteiger partial charge on any atom is -0.383 e. The van der Waals surface area contributed by atoms with Gasteiger partial charge in [0.15, 0.2) is 0 Å². The number of aryl methyl sites for hydroxylation is 2. The summed E-state index contributed by atoms with van der Waals surface area (Å²) in [6.45, 7) is 4.15. The monoisotopic (exact) mass is 299 g/mol. The molecule has 0 aliphatic carbocycles. The van der Waals surface area contributed by atoms with Crippen molar-refractivity contribution in [2.24, 2.45) is 0 Å². The van der Waals surface area contributed by atoms with Crippen LogP contribution in [0.25, 0.3) is 22.4 Å². The lowest BCUT2D eigenvalue weighted by atomic mass is 9.97. The van der Waals surface area contributed by atoms with Crippen LogP contribution in [0.4, 0.5) is 5.82 Å². The lowest BCUT2D eigenvalue weighted by Crippen LogP contribution is -2.00. The maximum absolute atomic E-state index is 9.43. The molecule has 3 heteroatoms. The zero-order valence-corrected chi connectivity index (χ0v) is 13.2. The van der Waals surface area contributed by atoms with E-state index in [2.05, 4.69) is 37.0 Å².